The lowest BCUT2D eigenvalue weighted by molar-refractivity contribution is 0.0953. The molecule has 5 nitrogen and oxygen atoms in total. The highest BCUT2D eigenvalue weighted by Crippen LogP contribution is 2.19. The summed E-state index contributed by atoms with van der Waals surface area (Å²) in [5.74, 6) is 0.298. The molecule has 0 unspecified atom stereocenters. The molecule has 102 valence electrons. The van der Waals surface area contributed by atoms with Crippen LogP contribution < -0.4 is 10.6 Å². The lowest BCUT2D eigenvalue weighted by Crippen LogP contribution is -2.24. The standard InChI is InChI=1S/C14H13BrN4O/c1-2-6-16-14(20)12-8-13(18-9-17-12)19-11-5-3-4-10(15)7-11/h2-5,7-9H,1,6H2,(H,16,20)(H,17,18,19). The molecular weight excluding hydrogens is 320 g/mol. The number of carbonyl (C=O) groups excluding carboxylic acids is 1. The number of aromatic nitrogens is 2. The van der Waals surface area contributed by atoms with Gasteiger partial charge in [0.1, 0.15) is 17.8 Å². The summed E-state index contributed by atoms with van der Waals surface area (Å²) >= 11 is 3.40. The van der Waals surface area contributed by atoms with Crippen molar-refractivity contribution in [1.82, 2.24) is 15.3 Å². The van der Waals surface area contributed by atoms with E-state index < -0.39 is 0 Å². The fraction of sp³-hybridized carbons (Fsp3) is 0.0714. The molecule has 0 aliphatic rings. The number of rotatable bonds is 5. The fourth-order valence-corrected chi connectivity index (χ4v) is 1.92. The van der Waals surface area contributed by atoms with E-state index in [4.69, 9.17) is 0 Å². The fourth-order valence-electron chi connectivity index (χ4n) is 1.52. The topological polar surface area (TPSA) is 66.9 Å². The van der Waals surface area contributed by atoms with Crippen molar-refractivity contribution >= 4 is 33.3 Å². The van der Waals surface area contributed by atoms with Crippen molar-refractivity contribution < 1.29 is 4.79 Å². The van der Waals surface area contributed by atoms with Crippen molar-refractivity contribution in [1.29, 1.82) is 0 Å². The number of hydrogen-bond acceptors (Lipinski definition) is 4. The summed E-state index contributed by atoms with van der Waals surface area (Å²) in [6.45, 7) is 3.94. The molecule has 0 bridgehead atoms. The predicted molar refractivity (Wildman–Crippen MR) is 82.0 cm³/mol. The minimum Gasteiger partial charge on any atom is -0.347 e. The lowest BCUT2D eigenvalue weighted by Gasteiger charge is -2.07. The molecule has 6 heteroatoms. The van der Waals surface area contributed by atoms with Gasteiger partial charge in [0.05, 0.1) is 0 Å². The Balaban J connectivity index is 2.13. The Morgan fingerprint density at radius 1 is 1.35 bits per heavy atom. The van der Waals surface area contributed by atoms with Crippen LogP contribution in [0.4, 0.5) is 11.5 Å². The summed E-state index contributed by atoms with van der Waals surface area (Å²) < 4.78 is 0.959. The van der Waals surface area contributed by atoms with Gasteiger partial charge in [-0.2, -0.15) is 0 Å². The van der Waals surface area contributed by atoms with Gasteiger partial charge in [0.25, 0.3) is 5.91 Å². The zero-order chi connectivity index (χ0) is 14.4. The van der Waals surface area contributed by atoms with Crippen LogP contribution in [-0.4, -0.2) is 22.4 Å². The molecule has 2 aromatic rings. The van der Waals surface area contributed by atoms with Gasteiger partial charge in [0.2, 0.25) is 0 Å². The van der Waals surface area contributed by atoms with Crippen molar-refractivity contribution in [2.45, 2.75) is 0 Å². The van der Waals surface area contributed by atoms with Crippen LogP contribution in [0.1, 0.15) is 10.5 Å². The van der Waals surface area contributed by atoms with Crippen molar-refractivity contribution in [2.75, 3.05) is 11.9 Å². The number of halogens is 1. The Hall–Kier alpha value is -2.21. The highest BCUT2D eigenvalue weighted by molar-refractivity contribution is 9.10. The minimum absolute atomic E-state index is 0.260. The summed E-state index contributed by atoms with van der Waals surface area (Å²) in [6.07, 6.45) is 2.96. The largest absolute Gasteiger partial charge is 0.347 e. The van der Waals surface area contributed by atoms with Crippen molar-refractivity contribution in [3.05, 3.63) is 59.5 Å². The van der Waals surface area contributed by atoms with Gasteiger partial charge in [-0.15, -0.1) is 6.58 Å². The molecule has 1 aromatic carbocycles. The predicted octanol–water partition coefficient (Wildman–Crippen LogP) is 2.90. The van der Waals surface area contributed by atoms with Crippen LogP contribution in [0.2, 0.25) is 0 Å². The molecule has 1 aromatic heterocycles. The molecule has 2 N–H and O–H groups in total. The van der Waals surface area contributed by atoms with Gasteiger partial charge in [0, 0.05) is 22.8 Å². The van der Waals surface area contributed by atoms with E-state index in [0.29, 0.717) is 18.1 Å². The molecule has 0 atom stereocenters. The first-order valence-electron chi connectivity index (χ1n) is 5.93. The molecule has 20 heavy (non-hydrogen) atoms. The van der Waals surface area contributed by atoms with Crippen LogP contribution in [0.5, 0.6) is 0 Å². The van der Waals surface area contributed by atoms with Crippen molar-refractivity contribution in [3.8, 4) is 0 Å². The molecule has 0 fully saturated rings. The number of carbonyl (C=O) groups is 1. The summed E-state index contributed by atoms with van der Waals surface area (Å²) in [6, 6.07) is 9.26. The Bertz CT molecular complexity index is 630. The Labute approximate surface area is 125 Å². The molecular formula is C14H13BrN4O. The molecule has 0 spiro atoms. The van der Waals surface area contributed by atoms with Crippen LogP contribution in [0.3, 0.4) is 0 Å². The van der Waals surface area contributed by atoms with Gasteiger partial charge >= 0.3 is 0 Å². The second-order valence-electron chi connectivity index (χ2n) is 3.92. The first-order chi connectivity index (χ1) is 9.69. The summed E-state index contributed by atoms with van der Waals surface area (Å²) in [5.41, 5.74) is 1.18. The Morgan fingerprint density at radius 3 is 2.95 bits per heavy atom. The number of nitrogens with one attached hydrogen (secondary N) is 2. The van der Waals surface area contributed by atoms with Gasteiger partial charge in [-0.3, -0.25) is 4.79 Å². The number of nitrogens with zero attached hydrogens (tertiary/aromatic N) is 2. The normalized spacial score (nSPS) is 9.85. The molecule has 0 saturated carbocycles. The van der Waals surface area contributed by atoms with E-state index in [1.165, 1.54) is 6.33 Å². The average Bonchev–Trinajstić information content (AvgIpc) is 2.45. The number of benzene rings is 1. The molecule has 0 aliphatic carbocycles. The first kappa shape index (κ1) is 14.2. The van der Waals surface area contributed by atoms with E-state index in [0.717, 1.165) is 10.2 Å². The molecule has 0 aliphatic heterocycles. The van der Waals surface area contributed by atoms with Gasteiger partial charge in [0.15, 0.2) is 0 Å². The molecule has 0 radical (unpaired) electrons. The smallest absolute Gasteiger partial charge is 0.270 e. The second-order valence-corrected chi connectivity index (χ2v) is 4.84. The molecule has 1 amide bonds. The quantitative estimate of drug-likeness (QED) is 0.826. The Morgan fingerprint density at radius 2 is 2.20 bits per heavy atom. The van der Waals surface area contributed by atoms with Crippen molar-refractivity contribution in [2.24, 2.45) is 0 Å². The van der Waals surface area contributed by atoms with Crippen LogP contribution in [0.15, 0.2) is 53.8 Å². The van der Waals surface area contributed by atoms with Crippen LogP contribution >= 0.6 is 15.9 Å². The molecule has 0 saturated heterocycles. The summed E-state index contributed by atoms with van der Waals surface area (Å²) in [4.78, 5) is 19.8. The third-order valence-electron chi connectivity index (χ3n) is 2.40. The minimum atomic E-state index is -0.260. The number of hydrogen-bond donors (Lipinski definition) is 2. The highest BCUT2D eigenvalue weighted by Gasteiger charge is 2.07. The maximum atomic E-state index is 11.8. The van der Waals surface area contributed by atoms with E-state index >= 15 is 0 Å². The monoisotopic (exact) mass is 332 g/mol. The van der Waals surface area contributed by atoms with E-state index in [1.54, 1.807) is 12.1 Å². The third-order valence-corrected chi connectivity index (χ3v) is 2.90. The van der Waals surface area contributed by atoms with E-state index in [9.17, 15) is 4.79 Å². The van der Waals surface area contributed by atoms with Crippen LogP contribution in [0.25, 0.3) is 0 Å². The van der Waals surface area contributed by atoms with E-state index in [1.807, 2.05) is 24.3 Å². The number of anilines is 2. The zero-order valence-electron chi connectivity index (χ0n) is 10.6. The first-order valence-corrected chi connectivity index (χ1v) is 6.72. The maximum absolute atomic E-state index is 11.8. The zero-order valence-corrected chi connectivity index (χ0v) is 12.2. The molecule has 2 rings (SSSR count). The maximum Gasteiger partial charge on any atom is 0.270 e. The summed E-state index contributed by atoms with van der Waals surface area (Å²) in [5, 5.41) is 5.78. The van der Waals surface area contributed by atoms with Gasteiger partial charge in [-0.1, -0.05) is 28.1 Å². The average molecular weight is 333 g/mol. The molecule has 1 heterocycles. The van der Waals surface area contributed by atoms with Crippen LogP contribution in [-0.2, 0) is 0 Å². The second kappa shape index (κ2) is 6.81. The lowest BCUT2D eigenvalue weighted by atomic mass is 10.3. The van der Waals surface area contributed by atoms with E-state index in [2.05, 4.69) is 43.1 Å². The SMILES string of the molecule is C=CCNC(=O)c1cc(Nc2cccc(Br)c2)ncn1. The van der Waals surface area contributed by atoms with Crippen LogP contribution in [0, 0.1) is 0 Å². The van der Waals surface area contributed by atoms with Gasteiger partial charge in [-0.05, 0) is 18.2 Å². The van der Waals surface area contributed by atoms with Gasteiger partial charge < -0.3 is 10.6 Å². The Kier molecular flexibility index (Phi) is 4.84. The summed E-state index contributed by atoms with van der Waals surface area (Å²) in [7, 11) is 0. The number of amides is 1. The van der Waals surface area contributed by atoms with E-state index in [-0.39, 0.29) is 5.91 Å². The van der Waals surface area contributed by atoms with Gasteiger partial charge in [-0.25, -0.2) is 9.97 Å². The highest BCUT2D eigenvalue weighted by atomic mass is 79.9. The van der Waals surface area contributed by atoms with Crippen molar-refractivity contribution in [3.63, 3.8) is 0 Å². The third kappa shape index (κ3) is 3.89.